The second-order valence-corrected chi connectivity index (χ2v) is 5.35. The number of aryl methyl sites for hydroxylation is 1. The normalized spacial score (nSPS) is 17.6. The topological polar surface area (TPSA) is 24.9 Å². The van der Waals surface area contributed by atoms with Gasteiger partial charge in [-0.25, -0.2) is 0 Å². The van der Waals surface area contributed by atoms with Crippen molar-refractivity contribution < 1.29 is 13.2 Å². The number of pyridine rings is 1. The lowest BCUT2D eigenvalue weighted by atomic mass is 10.1. The van der Waals surface area contributed by atoms with E-state index in [1.807, 2.05) is 12.1 Å². The van der Waals surface area contributed by atoms with Crippen LogP contribution in [0.25, 0.3) is 0 Å². The van der Waals surface area contributed by atoms with E-state index < -0.39 is 11.7 Å². The molecule has 0 bridgehead atoms. The SMILES string of the molecule is FC(F)(F)c1cccc(Cl)c1NC1CCc2cccnc21. The lowest BCUT2D eigenvalue weighted by Crippen LogP contribution is -2.15. The molecule has 0 saturated heterocycles. The van der Waals surface area contributed by atoms with Crippen molar-refractivity contribution in [2.45, 2.75) is 25.1 Å². The van der Waals surface area contributed by atoms with E-state index in [-0.39, 0.29) is 16.8 Å². The number of alkyl halides is 3. The quantitative estimate of drug-likeness (QED) is 0.857. The molecule has 0 aliphatic heterocycles. The summed E-state index contributed by atoms with van der Waals surface area (Å²) in [5.41, 5.74) is 1.04. The monoisotopic (exact) mass is 312 g/mol. The van der Waals surface area contributed by atoms with Crippen molar-refractivity contribution in [2.75, 3.05) is 5.32 Å². The maximum Gasteiger partial charge on any atom is 0.418 e. The van der Waals surface area contributed by atoms with Crippen molar-refractivity contribution in [1.29, 1.82) is 0 Å². The predicted molar refractivity (Wildman–Crippen MR) is 75.4 cm³/mol. The van der Waals surface area contributed by atoms with E-state index in [1.54, 1.807) is 6.20 Å². The first-order valence-corrected chi connectivity index (χ1v) is 6.90. The summed E-state index contributed by atoms with van der Waals surface area (Å²) in [6, 6.07) is 7.31. The molecule has 1 aliphatic carbocycles. The summed E-state index contributed by atoms with van der Waals surface area (Å²) in [5, 5.41) is 2.99. The van der Waals surface area contributed by atoms with Crippen LogP contribution in [0.2, 0.25) is 5.02 Å². The van der Waals surface area contributed by atoms with Crippen LogP contribution in [0.5, 0.6) is 0 Å². The summed E-state index contributed by atoms with van der Waals surface area (Å²) in [6.45, 7) is 0. The van der Waals surface area contributed by atoms with Gasteiger partial charge in [0.05, 0.1) is 28.0 Å². The summed E-state index contributed by atoms with van der Waals surface area (Å²) >= 11 is 5.96. The number of hydrogen-bond acceptors (Lipinski definition) is 2. The lowest BCUT2D eigenvalue weighted by molar-refractivity contribution is -0.137. The Balaban J connectivity index is 1.97. The molecular formula is C15H12ClF3N2. The van der Waals surface area contributed by atoms with Gasteiger partial charge in [-0.15, -0.1) is 0 Å². The van der Waals surface area contributed by atoms with E-state index in [4.69, 9.17) is 11.6 Å². The van der Waals surface area contributed by atoms with Gasteiger partial charge in [0.1, 0.15) is 0 Å². The number of halogens is 4. The zero-order chi connectivity index (χ0) is 15.0. The van der Waals surface area contributed by atoms with E-state index in [9.17, 15) is 13.2 Å². The molecule has 21 heavy (non-hydrogen) atoms. The number of para-hydroxylation sites is 1. The molecule has 2 nitrogen and oxygen atoms in total. The van der Waals surface area contributed by atoms with Crippen LogP contribution >= 0.6 is 11.6 Å². The maximum atomic E-state index is 13.1. The van der Waals surface area contributed by atoms with Crippen molar-refractivity contribution in [2.24, 2.45) is 0 Å². The van der Waals surface area contributed by atoms with E-state index in [0.29, 0.717) is 6.42 Å². The highest BCUT2D eigenvalue weighted by atomic mass is 35.5. The number of benzene rings is 1. The third-order valence-corrected chi connectivity index (χ3v) is 3.91. The Morgan fingerprint density at radius 3 is 2.76 bits per heavy atom. The van der Waals surface area contributed by atoms with Crippen LogP contribution in [0.4, 0.5) is 18.9 Å². The van der Waals surface area contributed by atoms with Gasteiger partial charge in [-0.3, -0.25) is 4.98 Å². The first-order chi connectivity index (χ1) is 9.97. The molecular weight excluding hydrogens is 301 g/mol. The zero-order valence-corrected chi connectivity index (χ0v) is 11.7. The van der Waals surface area contributed by atoms with Crippen LogP contribution in [0.15, 0.2) is 36.5 Å². The molecule has 0 fully saturated rings. The number of nitrogens with one attached hydrogen (secondary N) is 1. The summed E-state index contributed by atoms with van der Waals surface area (Å²) in [7, 11) is 0. The molecule has 1 aromatic carbocycles. The highest BCUT2D eigenvalue weighted by Gasteiger charge is 2.35. The number of anilines is 1. The Morgan fingerprint density at radius 2 is 2.00 bits per heavy atom. The molecule has 110 valence electrons. The van der Waals surface area contributed by atoms with Crippen molar-refractivity contribution in [3.05, 3.63) is 58.4 Å². The number of fused-ring (bicyclic) bond motifs is 1. The fourth-order valence-corrected chi connectivity index (χ4v) is 2.86. The highest BCUT2D eigenvalue weighted by molar-refractivity contribution is 6.33. The average molecular weight is 313 g/mol. The fraction of sp³-hybridized carbons (Fsp3) is 0.267. The van der Waals surface area contributed by atoms with Gasteiger partial charge >= 0.3 is 6.18 Å². The summed E-state index contributed by atoms with van der Waals surface area (Å²) in [6.07, 6.45) is -1.30. The van der Waals surface area contributed by atoms with E-state index >= 15 is 0 Å². The molecule has 2 aromatic rings. The molecule has 1 aromatic heterocycles. The Kier molecular flexibility index (Phi) is 3.53. The molecule has 1 N–H and O–H groups in total. The lowest BCUT2D eigenvalue weighted by Gasteiger charge is -2.20. The molecule has 0 saturated carbocycles. The second-order valence-electron chi connectivity index (χ2n) is 4.94. The average Bonchev–Trinajstić information content (AvgIpc) is 2.83. The molecule has 0 spiro atoms. The van der Waals surface area contributed by atoms with Crippen LogP contribution in [0, 0.1) is 0 Å². The smallest absolute Gasteiger partial charge is 0.375 e. The Bertz CT molecular complexity index is 670. The molecule has 0 radical (unpaired) electrons. The van der Waals surface area contributed by atoms with E-state index in [2.05, 4.69) is 10.3 Å². The van der Waals surface area contributed by atoms with E-state index in [1.165, 1.54) is 12.1 Å². The first-order valence-electron chi connectivity index (χ1n) is 6.53. The van der Waals surface area contributed by atoms with Crippen molar-refractivity contribution >= 4 is 17.3 Å². The molecule has 1 unspecified atom stereocenters. The second kappa shape index (κ2) is 5.22. The highest BCUT2D eigenvalue weighted by Crippen LogP contribution is 2.41. The van der Waals surface area contributed by atoms with Gasteiger partial charge in [0.2, 0.25) is 0 Å². The predicted octanol–water partition coefficient (Wildman–Crippen LogP) is 4.85. The van der Waals surface area contributed by atoms with Crippen LogP contribution < -0.4 is 5.32 Å². The van der Waals surface area contributed by atoms with Crippen LogP contribution in [0.3, 0.4) is 0 Å². The Labute approximate surface area is 125 Å². The standard InChI is InChI=1S/C15H12ClF3N2/c16-11-5-1-4-10(15(17,18)19)14(11)21-12-7-6-9-3-2-8-20-13(9)12/h1-5,8,12,21H,6-7H2. The Morgan fingerprint density at radius 1 is 1.19 bits per heavy atom. The van der Waals surface area contributed by atoms with Gasteiger partial charge in [-0.2, -0.15) is 13.2 Å². The van der Waals surface area contributed by atoms with Crippen LogP contribution in [0.1, 0.15) is 29.3 Å². The number of rotatable bonds is 2. The van der Waals surface area contributed by atoms with Gasteiger partial charge in [0, 0.05) is 6.20 Å². The van der Waals surface area contributed by atoms with Crippen molar-refractivity contribution in [3.63, 3.8) is 0 Å². The number of nitrogens with zero attached hydrogens (tertiary/aromatic N) is 1. The van der Waals surface area contributed by atoms with E-state index in [0.717, 1.165) is 23.7 Å². The summed E-state index contributed by atoms with van der Waals surface area (Å²) in [4.78, 5) is 4.27. The van der Waals surface area contributed by atoms with Crippen LogP contribution in [-0.2, 0) is 12.6 Å². The largest absolute Gasteiger partial charge is 0.418 e. The molecule has 1 heterocycles. The van der Waals surface area contributed by atoms with Gasteiger partial charge in [-0.05, 0) is 36.6 Å². The maximum absolute atomic E-state index is 13.1. The molecule has 3 rings (SSSR count). The molecule has 0 amide bonds. The van der Waals surface area contributed by atoms with Crippen LogP contribution in [-0.4, -0.2) is 4.98 Å². The minimum absolute atomic E-state index is 0.0641. The minimum atomic E-state index is -4.45. The zero-order valence-electron chi connectivity index (χ0n) is 10.9. The van der Waals surface area contributed by atoms with Gasteiger partial charge in [0.15, 0.2) is 0 Å². The summed E-state index contributed by atoms with van der Waals surface area (Å²) in [5.74, 6) is 0. The molecule has 1 atom stereocenters. The van der Waals surface area contributed by atoms with Gasteiger partial charge in [-0.1, -0.05) is 23.7 Å². The third-order valence-electron chi connectivity index (χ3n) is 3.60. The first kappa shape index (κ1) is 14.2. The molecule has 6 heteroatoms. The van der Waals surface area contributed by atoms with Crippen molar-refractivity contribution in [3.8, 4) is 0 Å². The van der Waals surface area contributed by atoms with Gasteiger partial charge < -0.3 is 5.32 Å². The fourth-order valence-electron chi connectivity index (χ4n) is 2.63. The minimum Gasteiger partial charge on any atom is -0.375 e. The van der Waals surface area contributed by atoms with Crippen molar-refractivity contribution in [1.82, 2.24) is 4.98 Å². The number of aromatic nitrogens is 1. The number of hydrogen-bond donors (Lipinski definition) is 1. The Hall–Kier alpha value is -1.75. The third kappa shape index (κ3) is 2.70. The molecule has 1 aliphatic rings. The summed E-state index contributed by atoms with van der Waals surface area (Å²) < 4.78 is 39.3. The van der Waals surface area contributed by atoms with Gasteiger partial charge in [0.25, 0.3) is 0 Å².